The standard InChI is InChI=1S/C19H31N/c1-2-3-4-5-6-7-10-13-19(16-20)14-17-11-8-9-12-18(17)15-19/h8-9,11-12H,2-7,10,13-16,20H2,1H3. The van der Waals surface area contributed by atoms with Crippen LogP contribution in [0.4, 0.5) is 0 Å². The van der Waals surface area contributed by atoms with Crippen molar-refractivity contribution in [2.24, 2.45) is 11.1 Å². The summed E-state index contributed by atoms with van der Waals surface area (Å²) in [6.07, 6.45) is 13.5. The summed E-state index contributed by atoms with van der Waals surface area (Å²) in [5, 5.41) is 0. The fraction of sp³-hybridized carbons (Fsp3) is 0.684. The van der Waals surface area contributed by atoms with E-state index in [0.717, 1.165) is 6.54 Å². The van der Waals surface area contributed by atoms with E-state index in [1.54, 1.807) is 11.1 Å². The molecule has 0 amide bonds. The smallest absolute Gasteiger partial charge is 0.00141 e. The van der Waals surface area contributed by atoms with Gasteiger partial charge in [0, 0.05) is 0 Å². The molecule has 20 heavy (non-hydrogen) atoms. The molecule has 1 heteroatoms. The lowest BCUT2D eigenvalue weighted by molar-refractivity contribution is 0.278. The second-order valence-corrected chi connectivity index (χ2v) is 6.70. The highest BCUT2D eigenvalue weighted by atomic mass is 14.6. The van der Waals surface area contributed by atoms with E-state index in [0.29, 0.717) is 5.41 Å². The number of hydrogen-bond acceptors (Lipinski definition) is 1. The lowest BCUT2D eigenvalue weighted by Gasteiger charge is -2.27. The highest BCUT2D eigenvalue weighted by Gasteiger charge is 2.35. The van der Waals surface area contributed by atoms with Crippen molar-refractivity contribution in [2.75, 3.05) is 6.54 Å². The third kappa shape index (κ3) is 4.09. The Bertz CT molecular complexity index is 372. The first-order valence-corrected chi connectivity index (χ1v) is 8.56. The van der Waals surface area contributed by atoms with E-state index in [2.05, 4.69) is 31.2 Å². The van der Waals surface area contributed by atoms with Crippen molar-refractivity contribution >= 4 is 0 Å². The van der Waals surface area contributed by atoms with Crippen molar-refractivity contribution in [2.45, 2.75) is 71.1 Å². The molecule has 0 fully saturated rings. The number of fused-ring (bicyclic) bond motifs is 1. The number of benzene rings is 1. The number of rotatable bonds is 9. The summed E-state index contributed by atoms with van der Waals surface area (Å²) >= 11 is 0. The van der Waals surface area contributed by atoms with E-state index < -0.39 is 0 Å². The molecule has 1 aromatic rings. The van der Waals surface area contributed by atoms with Gasteiger partial charge in [0.15, 0.2) is 0 Å². The monoisotopic (exact) mass is 273 g/mol. The van der Waals surface area contributed by atoms with E-state index >= 15 is 0 Å². The van der Waals surface area contributed by atoms with Gasteiger partial charge in [-0.05, 0) is 42.3 Å². The minimum absolute atomic E-state index is 0.368. The van der Waals surface area contributed by atoms with Crippen LogP contribution in [-0.2, 0) is 12.8 Å². The Hall–Kier alpha value is -0.820. The molecule has 0 aromatic heterocycles. The van der Waals surface area contributed by atoms with Crippen LogP contribution in [-0.4, -0.2) is 6.54 Å². The lowest BCUT2D eigenvalue weighted by atomic mass is 9.79. The number of unbranched alkanes of at least 4 members (excludes halogenated alkanes) is 6. The van der Waals surface area contributed by atoms with Crippen LogP contribution in [0.15, 0.2) is 24.3 Å². The van der Waals surface area contributed by atoms with Crippen LogP contribution >= 0.6 is 0 Å². The molecular weight excluding hydrogens is 242 g/mol. The zero-order valence-electron chi connectivity index (χ0n) is 13.2. The average Bonchev–Trinajstić information content (AvgIpc) is 2.85. The first kappa shape index (κ1) is 15.6. The molecule has 0 spiro atoms. The van der Waals surface area contributed by atoms with E-state index in [1.165, 1.54) is 64.2 Å². The first-order valence-electron chi connectivity index (χ1n) is 8.56. The predicted molar refractivity (Wildman–Crippen MR) is 87.9 cm³/mol. The van der Waals surface area contributed by atoms with Crippen molar-refractivity contribution in [1.29, 1.82) is 0 Å². The summed E-state index contributed by atoms with van der Waals surface area (Å²) in [6, 6.07) is 8.91. The maximum Gasteiger partial charge on any atom is -0.00141 e. The zero-order chi connectivity index (χ0) is 14.3. The van der Waals surface area contributed by atoms with Gasteiger partial charge in [0.05, 0.1) is 0 Å². The molecule has 1 aromatic carbocycles. The zero-order valence-corrected chi connectivity index (χ0v) is 13.2. The van der Waals surface area contributed by atoms with Crippen LogP contribution in [0.2, 0.25) is 0 Å². The molecule has 2 rings (SSSR count). The van der Waals surface area contributed by atoms with Gasteiger partial charge in [-0.1, -0.05) is 76.1 Å². The van der Waals surface area contributed by atoms with E-state index in [4.69, 9.17) is 5.73 Å². The van der Waals surface area contributed by atoms with Crippen LogP contribution in [0.3, 0.4) is 0 Å². The second kappa shape index (κ2) is 7.83. The minimum atomic E-state index is 0.368. The lowest BCUT2D eigenvalue weighted by Crippen LogP contribution is -2.31. The largest absolute Gasteiger partial charge is 0.330 e. The van der Waals surface area contributed by atoms with E-state index in [-0.39, 0.29) is 0 Å². The maximum atomic E-state index is 6.13. The van der Waals surface area contributed by atoms with Crippen LogP contribution in [0.5, 0.6) is 0 Å². The summed E-state index contributed by atoms with van der Waals surface area (Å²) in [5.74, 6) is 0. The van der Waals surface area contributed by atoms with Crippen molar-refractivity contribution in [3.05, 3.63) is 35.4 Å². The summed E-state index contributed by atoms with van der Waals surface area (Å²) in [7, 11) is 0. The average molecular weight is 273 g/mol. The van der Waals surface area contributed by atoms with Crippen LogP contribution in [0.25, 0.3) is 0 Å². The second-order valence-electron chi connectivity index (χ2n) is 6.70. The van der Waals surface area contributed by atoms with Gasteiger partial charge < -0.3 is 5.73 Å². The third-order valence-corrected chi connectivity index (χ3v) is 4.99. The maximum absolute atomic E-state index is 6.13. The molecule has 0 aliphatic heterocycles. The molecule has 2 N–H and O–H groups in total. The first-order chi connectivity index (χ1) is 9.79. The Morgan fingerprint density at radius 3 is 2.00 bits per heavy atom. The summed E-state index contributed by atoms with van der Waals surface area (Å²) in [6.45, 7) is 3.13. The van der Waals surface area contributed by atoms with Gasteiger partial charge in [-0.25, -0.2) is 0 Å². The molecule has 0 bridgehead atoms. The molecule has 1 aliphatic rings. The highest BCUT2D eigenvalue weighted by molar-refractivity contribution is 5.34. The summed E-state index contributed by atoms with van der Waals surface area (Å²) < 4.78 is 0. The molecule has 0 atom stereocenters. The molecule has 112 valence electrons. The molecule has 0 heterocycles. The quantitative estimate of drug-likeness (QED) is 0.638. The molecule has 0 radical (unpaired) electrons. The summed E-state index contributed by atoms with van der Waals surface area (Å²) in [5.41, 5.74) is 9.58. The summed E-state index contributed by atoms with van der Waals surface area (Å²) in [4.78, 5) is 0. The van der Waals surface area contributed by atoms with Crippen molar-refractivity contribution in [3.8, 4) is 0 Å². The molecule has 0 saturated carbocycles. The highest BCUT2D eigenvalue weighted by Crippen LogP contribution is 2.40. The van der Waals surface area contributed by atoms with Gasteiger partial charge in [-0.15, -0.1) is 0 Å². The number of hydrogen-bond donors (Lipinski definition) is 1. The third-order valence-electron chi connectivity index (χ3n) is 4.99. The van der Waals surface area contributed by atoms with Crippen molar-refractivity contribution in [3.63, 3.8) is 0 Å². The van der Waals surface area contributed by atoms with Crippen LogP contribution in [0.1, 0.15) is 69.4 Å². The van der Waals surface area contributed by atoms with Gasteiger partial charge in [-0.3, -0.25) is 0 Å². The Balaban J connectivity index is 1.72. The Kier molecular flexibility index (Phi) is 6.09. The predicted octanol–water partition coefficient (Wildman–Crippen LogP) is 4.87. The van der Waals surface area contributed by atoms with Crippen LogP contribution < -0.4 is 5.73 Å². The Morgan fingerprint density at radius 2 is 1.45 bits per heavy atom. The van der Waals surface area contributed by atoms with Gasteiger partial charge >= 0.3 is 0 Å². The normalized spacial score (nSPS) is 16.3. The molecule has 1 nitrogen and oxygen atoms in total. The molecule has 0 unspecified atom stereocenters. The fourth-order valence-electron chi connectivity index (χ4n) is 3.65. The van der Waals surface area contributed by atoms with Gasteiger partial charge in [-0.2, -0.15) is 0 Å². The molecular formula is C19H31N. The fourth-order valence-corrected chi connectivity index (χ4v) is 3.65. The van der Waals surface area contributed by atoms with Gasteiger partial charge in [0.2, 0.25) is 0 Å². The van der Waals surface area contributed by atoms with Crippen molar-refractivity contribution in [1.82, 2.24) is 0 Å². The topological polar surface area (TPSA) is 26.0 Å². The molecule has 0 saturated heterocycles. The number of nitrogens with two attached hydrogens (primary N) is 1. The Morgan fingerprint density at radius 1 is 0.900 bits per heavy atom. The molecule has 1 aliphatic carbocycles. The van der Waals surface area contributed by atoms with Crippen molar-refractivity contribution < 1.29 is 0 Å². The van der Waals surface area contributed by atoms with Gasteiger partial charge in [0.1, 0.15) is 0 Å². The van der Waals surface area contributed by atoms with Crippen LogP contribution in [0, 0.1) is 5.41 Å². The van der Waals surface area contributed by atoms with Gasteiger partial charge in [0.25, 0.3) is 0 Å². The SMILES string of the molecule is CCCCCCCCCC1(CN)Cc2ccccc2C1. The van der Waals surface area contributed by atoms with E-state index in [1.807, 2.05) is 0 Å². The minimum Gasteiger partial charge on any atom is -0.330 e. The van der Waals surface area contributed by atoms with E-state index in [9.17, 15) is 0 Å². The Labute approximate surface area is 125 Å².